The normalized spacial score (nSPS) is 20.4. The summed E-state index contributed by atoms with van der Waals surface area (Å²) in [5, 5.41) is 16.0. The summed E-state index contributed by atoms with van der Waals surface area (Å²) in [5.74, 6) is -0.780. The molecule has 1 amide bonds. The van der Waals surface area contributed by atoms with Crippen molar-refractivity contribution in [2.45, 2.75) is 12.5 Å². The van der Waals surface area contributed by atoms with Gasteiger partial charge in [0, 0.05) is 34.2 Å². The molecule has 7 heteroatoms. The van der Waals surface area contributed by atoms with Gasteiger partial charge in [-0.25, -0.2) is 4.98 Å². The number of carbonyl (C=O) groups is 1. The van der Waals surface area contributed by atoms with E-state index in [-0.39, 0.29) is 5.91 Å². The number of nitrogens with zero attached hydrogens (tertiary/aromatic N) is 2. The number of carbonyl (C=O) groups excluding carboxylic acids is 1. The second-order valence-electron chi connectivity index (χ2n) is 4.60. The molecule has 0 aliphatic heterocycles. The molecule has 0 radical (unpaired) electrons. The summed E-state index contributed by atoms with van der Waals surface area (Å²) in [7, 11) is 0. The van der Waals surface area contributed by atoms with Crippen molar-refractivity contribution < 1.29 is 9.72 Å². The zero-order valence-electron chi connectivity index (χ0n) is 10.4. The predicted molar refractivity (Wildman–Crippen MR) is 75.1 cm³/mol. The molecule has 1 fully saturated rings. The molecule has 102 valence electrons. The summed E-state index contributed by atoms with van der Waals surface area (Å²) in [6.07, 6.45) is 2.07. The maximum Gasteiger partial charge on any atom is 0.234 e. The highest BCUT2D eigenvalue weighted by molar-refractivity contribution is 7.13. The SMILES string of the molecule is O=C(Nc1ccc(-c2nccs2)cc1)[C@@H]1C[C@@H]1[N+](=O)[O-]. The van der Waals surface area contributed by atoms with Crippen molar-refractivity contribution in [1.29, 1.82) is 0 Å². The Kier molecular flexibility index (Phi) is 3.19. The molecule has 0 unspecified atom stereocenters. The standard InChI is InChI=1S/C13H11N3O3S/c17-12(10-7-11(10)16(18)19)15-9-3-1-8(2-4-9)13-14-5-6-20-13/h1-6,10-11H,7H2,(H,15,17)/t10-,11+/m1/s1. The van der Waals surface area contributed by atoms with Crippen LogP contribution in [0.25, 0.3) is 10.6 Å². The van der Waals surface area contributed by atoms with Gasteiger partial charge in [-0.3, -0.25) is 14.9 Å². The zero-order valence-corrected chi connectivity index (χ0v) is 11.2. The highest BCUT2D eigenvalue weighted by Gasteiger charge is 2.53. The van der Waals surface area contributed by atoms with E-state index in [1.54, 1.807) is 29.7 Å². The minimum Gasteiger partial charge on any atom is -0.326 e. The van der Waals surface area contributed by atoms with Gasteiger partial charge in [0.05, 0.1) is 0 Å². The van der Waals surface area contributed by atoms with E-state index in [1.807, 2.05) is 17.5 Å². The highest BCUT2D eigenvalue weighted by atomic mass is 32.1. The van der Waals surface area contributed by atoms with Gasteiger partial charge in [-0.15, -0.1) is 11.3 Å². The number of benzene rings is 1. The van der Waals surface area contributed by atoms with Crippen molar-refractivity contribution in [3.8, 4) is 10.6 Å². The van der Waals surface area contributed by atoms with E-state index in [9.17, 15) is 14.9 Å². The Morgan fingerprint density at radius 2 is 2.15 bits per heavy atom. The van der Waals surface area contributed by atoms with Crippen LogP contribution in [0, 0.1) is 16.0 Å². The van der Waals surface area contributed by atoms with E-state index in [4.69, 9.17) is 0 Å². The van der Waals surface area contributed by atoms with Crippen molar-refractivity contribution in [2.75, 3.05) is 5.32 Å². The Morgan fingerprint density at radius 1 is 1.40 bits per heavy atom. The van der Waals surface area contributed by atoms with Crippen molar-refractivity contribution in [1.82, 2.24) is 4.98 Å². The van der Waals surface area contributed by atoms with Gasteiger partial charge in [0.25, 0.3) is 0 Å². The third-order valence-electron chi connectivity index (χ3n) is 3.20. The average molecular weight is 289 g/mol. The Bertz CT molecular complexity index is 639. The van der Waals surface area contributed by atoms with Crippen molar-refractivity contribution in [3.63, 3.8) is 0 Å². The first-order valence-electron chi connectivity index (χ1n) is 6.09. The van der Waals surface area contributed by atoms with Crippen LogP contribution in [-0.2, 0) is 4.79 Å². The second-order valence-corrected chi connectivity index (χ2v) is 5.49. The van der Waals surface area contributed by atoms with Gasteiger partial charge < -0.3 is 5.32 Å². The first-order valence-corrected chi connectivity index (χ1v) is 6.97. The van der Waals surface area contributed by atoms with E-state index in [1.165, 1.54) is 0 Å². The first-order chi connectivity index (χ1) is 9.65. The number of thiazole rings is 1. The molecule has 2 atom stereocenters. The molecule has 2 aromatic rings. The molecular weight excluding hydrogens is 278 g/mol. The van der Waals surface area contributed by atoms with Crippen LogP contribution in [0.5, 0.6) is 0 Å². The van der Waals surface area contributed by atoms with Crippen LogP contribution < -0.4 is 5.32 Å². The molecule has 1 saturated carbocycles. The zero-order chi connectivity index (χ0) is 14.1. The fourth-order valence-corrected chi connectivity index (χ4v) is 2.64. The molecule has 0 saturated heterocycles. The van der Waals surface area contributed by atoms with Crippen molar-refractivity contribution >= 4 is 22.9 Å². The Hall–Kier alpha value is -2.28. The van der Waals surface area contributed by atoms with Crippen LogP contribution in [0.3, 0.4) is 0 Å². The van der Waals surface area contributed by atoms with E-state index < -0.39 is 16.9 Å². The fourth-order valence-electron chi connectivity index (χ4n) is 1.99. The second kappa shape index (κ2) is 5.01. The van der Waals surface area contributed by atoms with Crippen LogP contribution >= 0.6 is 11.3 Å². The maximum absolute atomic E-state index is 11.8. The topological polar surface area (TPSA) is 85.1 Å². The summed E-state index contributed by atoms with van der Waals surface area (Å²) in [5.41, 5.74) is 1.62. The number of nitrogens with one attached hydrogen (secondary N) is 1. The van der Waals surface area contributed by atoms with Gasteiger partial charge in [0.2, 0.25) is 11.9 Å². The molecule has 1 N–H and O–H groups in total. The summed E-state index contributed by atoms with van der Waals surface area (Å²) in [6, 6.07) is 6.57. The highest BCUT2D eigenvalue weighted by Crippen LogP contribution is 2.34. The maximum atomic E-state index is 11.8. The number of nitro groups is 1. The van der Waals surface area contributed by atoms with Crippen LogP contribution in [0.1, 0.15) is 6.42 Å². The number of anilines is 1. The number of hydrogen-bond donors (Lipinski definition) is 1. The quantitative estimate of drug-likeness (QED) is 0.692. The third-order valence-corrected chi connectivity index (χ3v) is 4.02. The van der Waals surface area contributed by atoms with Crippen LogP contribution in [-0.4, -0.2) is 21.9 Å². The molecule has 20 heavy (non-hydrogen) atoms. The third kappa shape index (κ3) is 2.53. The van der Waals surface area contributed by atoms with Gasteiger partial charge in [0.1, 0.15) is 10.9 Å². The lowest BCUT2D eigenvalue weighted by molar-refractivity contribution is -0.497. The van der Waals surface area contributed by atoms with Gasteiger partial charge >= 0.3 is 0 Å². The monoisotopic (exact) mass is 289 g/mol. The lowest BCUT2D eigenvalue weighted by Gasteiger charge is -2.04. The fraction of sp³-hybridized carbons (Fsp3) is 0.231. The summed E-state index contributed by atoms with van der Waals surface area (Å²) in [6.45, 7) is 0. The molecule has 6 nitrogen and oxygen atoms in total. The van der Waals surface area contributed by atoms with Gasteiger partial charge in [-0.1, -0.05) is 0 Å². The summed E-state index contributed by atoms with van der Waals surface area (Å²) in [4.78, 5) is 26.1. The minimum absolute atomic E-state index is 0.284. The smallest absolute Gasteiger partial charge is 0.234 e. The molecular formula is C13H11N3O3S. The van der Waals surface area contributed by atoms with E-state index in [0.29, 0.717) is 12.1 Å². The number of aromatic nitrogens is 1. The summed E-state index contributed by atoms with van der Waals surface area (Å²) >= 11 is 1.54. The molecule has 1 aliphatic carbocycles. The van der Waals surface area contributed by atoms with Crippen LogP contribution in [0.15, 0.2) is 35.8 Å². The van der Waals surface area contributed by atoms with Crippen LogP contribution in [0.4, 0.5) is 5.69 Å². The van der Waals surface area contributed by atoms with E-state index in [2.05, 4.69) is 10.3 Å². The molecule has 3 rings (SSSR count). The number of amides is 1. The van der Waals surface area contributed by atoms with Crippen molar-refractivity contribution in [3.05, 3.63) is 46.0 Å². The van der Waals surface area contributed by atoms with Gasteiger partial charge in [0.15, 0.2) is 0 Å². The predicted octanol–water partition coefficient (Wildman–Crippen LogP) is 2.41. The first kappa shape index (κ1) is 12.7. The Labute approximate surface area is 118 Å². The average Bonchev–Trinajstić information content (AvgIpc) is 3.07. The van der Waals surface area contributed by atoms with Crippen molar-refractivity contribution in [2.24, 2.45) is 5.92 Å². The van der Waals surface area contributed by atoms with Crippen LogP contribution in [0.2, 0.25) is 0 Å². The molecule has 1 aromatic carbocycles. The molecule has 1 aliphatic rings. The molecule has 1 heterocycles. The van der Waals surface area contributed by atoms with Gasteiger partial charge in [-0.05, 0) is 24.3 Å². The molecule has 0 spiro atoms. The lowest BCUT2D eigenvalue weighted by Crippen LogP contribution is -2.18. The summed E-state index contributed by atoms with van der Waals surface area (Å²) < 4.78 is 0. The molecule has 0 bridgehead atoms. The van der Waals surface area contributed by atoms with E-state index in [0.717, 1.165) is 10.6 Å². The Morgan fingerprint density at radius 3 is 2.70 bits per heavy atom. The molecule has 1 aromatic heterocycles. The van der Waals surface area contributed by atoms with E-state index >= 15 is 0 Å². The lowest BCUT2D eigenvalue weighted by atomic mass is 10.2. The largest absolute Gasteiger partial charge is 0.326 e. The van der Waals surface area contributed by atoms with Gasteiger partial charge in [-0.2, -0.15) is 0 Å². The number of hydrogen-bond acceptors (Lipinski definition) is 5. The number of rotatable bonds is 4. The Balaban J connectivity index is 1.64. The minimum atomic E-state index is -0.718.